The van der Waals surface area contributed by atoms with Crippen LogP contribution in [0.25, 0.3) is 0 Å². The quantitative estimate of drug-likeness (QED) is 0.873. The van der Waals surface area contributed by atoms with Gasteiger partial charge in [0.2, 0.25) is 5.95 Å². The van der Waals surface area contributed by atoms with Crippen LogP contribution in [0.3, 0.4) is 0 Å². The van der Waals surface area contributed by atoms with E-state index < -0.39 is 11.9 Å². The molecule has 1 aliphatic heterocycles. The molecule has 10 heteroatoms. The third-order valence-electron chi connectivity index (χ3n) is 4.21. The summed E-state index contributed by atoms with van der Waals surface area (Å²) < 4.78 is 47.2. The van der Waals surface area contributed by atoms with Crippen LogP contribution >= 0.6 is 0 Å². The first-order valence-corrected chi connectivity index (χ1v) is 8.32. The predicted molar refractivity (Wildman–Crippen MR) is 90.0 cm³/mol. The van der Waals surface area contributed by atoms with Crippen molar-refractivity contribution in [2.45, 2.75) is 38.2 Å². The third kappa shape index (κ3) is 3.74. The van der Waals surface area contributed by atoms with Crippen molar-refractivity contribution in [2.24, 2.45) is 0 Å². The zero-order chi connectivity index (χ0) is 18.9. The van der Waals surface area contributed by atoms with Gasteiger partial charge in [0.25, 0.3) is 0 Å². The Morgan fingerprint density at radius 1 is 1.35 bits per heavy atom. The van der Waals surface area contributed by atoms with Crippen LogP contribution in [0.4, 0.5) is 24.9 Å². The maximum absolute atomic E-state index is 13.1. The van der Waals surface area contributed by atoms with Crippen molar-refractivity contribution in [3.8, 4) is 0 Å². The Hall–Kier alpha value is -2.36. The second-order valence-corrected chi connectivity index (χ2v) is 6.23. The van der Waals surface area contributed by atoms with Crippen LogP contribution in [0, 0.1) is 0 Å². The molecule has 0 saturated carbocycles. The summed E-state index contributed by atoms with van der Waals surface area (Å²) in [5.74, 6) is 0.848. The molecule has 1 N–H and O–H groups in total. The van der Waals surface area contributed by atoms with E-state index in [1.54, 1.807) is 20.3 Å². The van der Waals surface area contributed by atoms with E-state index in [0.717, 1.165) is 18.4 Å². The molecule has 3 heterocycles. The Balaban J connectivity index is 1.88. The molecule has 7 nitrogen and oxygen atoms in total. The molecule has 1 saturated heterocycles. The van der Waals surface area contributed by atoms with E-state index in [1.807, 2.05) is 17.7 Å². The number of halogens is 3. The van der Waals surface area contributed by atoms with E-state index in [-0.39, 0.29) is 23.9 Å². The van der Waals surface area contributed by atoms with Crippen LogP contribution in [0.1, 0.15) is 31.0 Å². The molecule has 0 aliphatic carbocycles. The third-order valence-corrected chi connectivity index (χ3v) is 4.21. The van der Waals surface area contributed by atoms with Crippen molar-refractivity contribution in [3.05, 3.63) is 30.0 Å². The molecular weight excluding hydrogens is 349 g/mol. The van der Waals surface area contributed by atoms with Crippen molar-refractivity contribution >= 4 is 11.8 Å². The van der Waals surface area contributed by atoms with Crippen molar-refractivity contribution in [2.75, 3.05) is 30.9 Å². The van der Waals surface area contributed by atoms with Crippen LogP contribution in [-0.2, 0) is 17.5 Å². The number of ether oxygens (including phenoxy) is 1. The largest absolute Gasteiger partial charge is 0.433 e. The zero-order valence-electron chi connectivity index (χ0n) is 14.8. The van der Waals surface area contributed by atoms with Gasteiger partial charge in [-0.3, -0.25) is 0 Å². The standard InChI is InChI=1S/C16H21F3N6O/c1-4-25-7-6-20-14(25)13-10(5-8-26-13)21-15-22-11(16(17,18)19)9-12(23-15)24(2)3/h6-7,9-10,13H,4-5,8H2,1-3H3,(H,21,22,23)/t10-,13-/m0/s1. The number of nitrogens with zero attached hydrogens (tertiary/aromatic N) is 5. The fourth-order valence-electron chi connectivity index (χ4n) is 2.88. The van der Waals surface area contributed by atoms with E-state index in [2.05, 4.69) is 20.3 Å². The van der Waals surface area contributed by atoms with E-state index in [9.17, 15) is 13.2 Å². The lowest BCUT2D eigenvalue weighted by Crippen LogP contribution is -2.27. The number of rotatable bonds is 5. The molecule has 0 amide bonds. The lowest BCUT2D eigenvalue weighted by atomic mass is 10.1. The first kappa shape index (κ1) is 18.4. The summed E-state index contributed by atoms with van der Waals surface area (Å²) in [7, 11) is 3.26. The molecule has 3 rings (SSSR count). The van der Waals surface area contributed by atoms with Crippen LogP contribution in [-0.4, -0.2) is 46.3 Å². The summed E-state index contributed by atoms with van der Waals surface area (Å²) in [6, 6.07) is 0.665. The highest BCUT2D eigenvalue weighted by Crippen LogP contribution is 2.33. The number of alkyl halides is 3. The monoisotopic (exact) mass is 370 g/mol. The number of aromatic nitrogens is 4. The van der Waals surface area contributed by atoms with E-state index in [4.69, 9.17) is 4.74 Å². The first-order chi connectivity index (χ1) is 12.3. The number of nitrogens with one attached hydrogen (secondary N) is 1. The molecule has 0 spiro atoms. The van der Waals surface area contributed by atoms with E-state index >= 15 is 0 Å². The second-order valence-electron chi connectivity index (χ2n) is 6.23. The summed E-state index contributed by atoms with van der Waals surface area (Å²) in [5.41, 5.74) is -0.982. The lowest BCUT2D eigenvalue weighted by molar-refractivity contribution is -0.141. The Morgan fingerprint density at radius 3 is 2.77 bits per heavy atom. The Labute approximate surface area is 149 Å². The molecular formula is C16H21F3N6O. The van der Waals surface area contributed by atoms with Crippen LogP contribution < -0.4 is 10.2 Å². The van der Waals surface area contributed by atoms with Gasteiger partial charge in [0.05, 0.1) is 6.04 Å². The number of imidazole rings is 1. The molecule has 1 aliphatic rings. The maximum Gasteiger partial charge on any atom is 0.433 e. The van der Waals surface area contributed by atoms with Gasteiger partial charge in [0.15, 0.2) is 5.69 Å². The van der Waals surface area contributed by atoms with Crippen LogP contribution in [0.15, 0.2) is 18.5 Å². The molecule has 26 heavy (non-hydrogen) atoms. The summed E-state index contributed by atoms with van der Waals surface area (Å²) in [6.45, 7) is 3.20. The summed E-state index contributed by atoms with van der Waals surface area (Å²) in [6.07, 6.45) is -0.765. The highest BCUT2D eigenvalue weighted by atomic mass is 19.4. The molecule has 2 atom stereocenters. The fraction of sp³-hybridized carbons (Fsp3) is 0.562. The molecule has 0 aromatic carbocycles. The molecule has 0 bridgehead atoms. The van der Waals surface area contributed by atoms with Crippen LogP contribution in [0.2, 0.25) is 0 Å². The summed E-state index contributed by atoms with van der Waals surface area (Å²) >= 11 is 0. The van der Waals surface area contributed by atoms with Crippen molar-refractivity contribution < 1.29 is 17.9 Å². The number of hydrogen-bond donors (Lipinski definition) is 1. The average Bonchev–Trinajstić information content (AvgIpc) is 3.21. The molecule has 0 radical (unpaired) electrons. The lowest BCUT2D eigenvalue weighted by Gasteiger charge is -2.22. The number of anilines is 2. The molecule has 0 unspecified atom stereocenters. The minimum Gasteiger partial charge on any atom is -0.368 e. The van der Waals surface area contributed by atoms with Gasteiger partial charge in [-0.15, -0.1) is 0 Å². The van der Waals surface area contributed by atoms with Gasteiger partial charge in [-0.05, 0) is 13.3 Å². The zero-order valence-corrected chi connectivity index (χ0v) is 14.8. The van der Waals surface area contributed by atoms with Gasteiger partial charge >= 0.3 is 6.18 Å². The average molecular weight is 370 g/mol. The Kier molecular flexibility index (Phi) is 5.03. The predicted octanol–water partition coefficient (Wildman–Crippen LogP) is 2.72. The summed E-state index contributed by atoms with van der Waals surface area (Å²) in [5, 5.41) is 3.01. The number of aryl methyl sites for hydroxylation is 1. The van der Waals surface area contributed by atoms with E-state index in [0.29, 0.717) is 13.0 Å². The molecule has 2 aromatic rings. The van der Waals surface area contributed by atoms with Crippen molar-refractivity contribution in [1.29, 1.82) is 0 Å². The maximum atomic E-state index is 13.1. The Bertz CT molecular complexity index is 761. The second kappa shape index (κ2) is 7.10. The van der Waals surface area contributed by atoms with Gasteiger partial charge in [-0.25, -0.2) is 9.97 Å². The van der Waals surface area contributed by atoms with E-state index in [1.165, 1.54) is 4.90 Å². The fourth-order valence-corrected chi connectivity index (χ4v) is 2.88. The smallest absolute Gasteiger partial charge is 0.368 e. The minimum atomic E-state index is -4.55. The van der Waals surface area contributed by atoms with Crippen molar-refractivity contribution in [3.63, 3.8) is 0 Å². The molecule has 1 fully saturated rings. The molecule has 2 aromatic heterocycles. The normalized spacial score (nSPS) is 20.4. The minimum absolute atomic E-state index is 0.0707. The highest BCUT2D eigenvalue weighted by Gasteiger charge is 2.36. The van der Waals surface area contributed by atoms with Crippen molar-refractivity contribution in [1.82, 2.24) is 19.5 Å². The SMILES string of the molecule is CCn1ccnc1[C@H]1OCC[C@@H]1Nc1nc(N(C)C)cc(C(F)(F)F)n1. The van der Waals surface area contributed by atoms with Gasteiger partial charge < -0.3 is 19.5 Å². The van der Waals surface area contributed by atoms with Gasteiger partial charge in [-0.2, -0.15) is 18.2 Å². The molecule has 142 valence electrons. The van der Waals surface area contributed by atoms with Gasteiger partial charge in [0, 0.05) is 45.7 Å². The van der Waals surface area contributed by atoms with Gasteiger partial charge in [0.1, 0.15) is 17.7 Å². The van der Waals surface area contributed by atoms with Crippen LogP contribution in [0.5, 0.6) is 0 Å². The topological polar surface area (TPSA) is 68.1 Å². The first-order valence-electron chi connectivity index (χ1n) is 8.32. The van der Waals surface area contributed by atoms with Gasteiger partial charge in [-0.1, -0.05) is 0 Å². The number of hydrogen-bond acceptors (Lipinski definition) is 6. The summed E-state index contributed by atoms with van der Waals surface area (Å²) in [4.78, 5) is 13.7. The highest BCUT2D eigenvalue weighted by molar-refractivity contribution is 5.45. The Morgan fingerprint density at radius 2 is 2.12 bits per heavy atom.